The fourth-order valence-electron chi connectivity index (χ4n) is 6.17. The van der Waals surface area contributed by atoms with Gasteiger partial charge in [0.25, 0.3) is 5.91 Å². The summed E-state index contributed by atoms with van der Waals surface area (Å²) in [5.41, 5.74) is 1.39. The van der Waals surface area contributed by atoms with E-state index in [1.165, 1.54) is 30.6 Å². The Morgan fingerprint density at radius 2 is 2.04 bits per heavy atom. The number of ether oxygens (including phenoxy) is 1. The first kappa shape index (κ1) is 17.3. The van der Waals surface area contributed by atoms with E-state index in [1.54, 1.807) is 0 Å². The number of anilines is 1. The second kappa shape index (κ2) is 6.35. The number of nitrogens with one attached hydrogen (secondary N) is 2. The van der Waals surface area contributed by atoms with Crippen molar-refractivity contribution in [3.05, 3.63) is 16.0 Å². The Morgan fingerprint density at radius 3 is 2.78 bits per heavy atom. The zero-order valence-corrected chi connectivity index (χ0v) is 16.1. The predicted octanol–water partition coefficient (Wildman–Crippen LogP) is 2.95. The Kier molecular flexibility index (Phi) is 4.06. The first-order valence-electron chi connectivity index (χ1n) is 9.86. The Balaban J connectivity index is 1.45. The fourth-order valence-corrected chi connectivity index (χ4v) is 7.35. The van der Waals surface area contributed by atoms with E-state index in [0.717, 1.165) is 35.1 Å². The Hall–Kier alpha value is -1.84. The van der Waals surface area contributed by atoms with Gasteiger partial charge in [-0.05, 0) is 61.8 Å². The second-order valence-corrected chi connectivity index (χ2v) is 9.66. The quantitative estimate of drug-likeness (QED) is 0.785. The van der Waals surface area contributed by atoms with Crippen LogP contribution in [0.1, 0.15) is 52.9 Å². The monoisotopic (exact) mass is 384 g/mol. The zero-order valence-electron chi connectivity index (χ0n) is 15.3. The van der Waals surface area contributed by atoms with Crippen LogP contribution in [0.25, 0.3) is 0 Å². The number of carbonyl (C=O) groups is 2. The molecule has 2 N–H and O–H groups in total. The van der Waals surface area contributed by atoms with Gasteiger partial charge in [0.1, 0.15) is 5.00 Å². The van der Waals surface area contributed by atoms with Crippen LogP contribution in [0, 0.1) is 35.5 Å². The van der Waals surface area contributed by atoms with Crippen molar-refractivity contribution in [3.63, 3.8) is 0 Å². The Morgan fingerprint density at radius 1 is 1.26 bits per heavy atom. The number of hydrogen-bond acceptors (Lipinski definition) is 4. The van der Waals surface area contributed by atoms with Crippen molar-refractivity contribution >= 4 is 28.2 Å². The van der Waals surface area contributed by atoms with Gasteiger partial charge in [0, 0.05) is 4.88 Å². The molecule has 0 spiro atoms. The highest BCUT2D eigenvalue weighted by atomic mass is 32.1. The van der Waals surface area contributed by atoms with Gasteiger partial charge in [-0.25, -0.2) is 0 Å². The number of terminal acetylenes is 1. The lowest BCUT2D eigenvalue weighted by Gasteiger charge is -2.31. The van der Waals surface area contributed by atoms with Crippen LogP contribution < -0.4 is 10.6 Å². The summed E-state index contributed by atoms with van der Waals surface area (Å²) in [5, 5.41) is 6.62. The molecule has 4 saturated carbocycles. The van der Waals surface area contributed by atoms with Crippen molar-refractivity contribution in [3.8, 4) is 12.3 Å². The molecule has 5 nitrogen and oxygen atoms in total. The van der Waals surface area contributed by atoms with Crippen molar-refractivity contribution in [2.24, 2.45) is 23.2 Å². The van der Waals surface area contributed by atoms with Gasteiger partial charge in [-0.1, -0.05) is 5.92 Å². The lowest BCUT2D eigenvalue weighted by atomic mass is 9.75. The molecule has 1 aliphatic heterocycles. The standard InChI is InChI=1S/C21H24N2O3S/c1-2-4-22-18(24)17-15-3-5-26-11-16(15)27-19(17)23-20(25)21-9-12-6-13(10-21)8-14(21)7-12/h1,12-14H,3-11H2,(H,22,24)(H,23,25). The summed E-state index contributed by atoms with van der Waals surface area (Å²) >= 11 is 1.48. The van der Waals surface area contributed by atoms with E-state index in [2.05, 4.69) is 16.6 Å². The largest absolute Gasteiger partial charge is 0.376 e. The first-order chi connectivity index (χ1) is 13.1. The molecular formula is C21H24N2O3S. The molecule has 4 fully saturated rings. The maximum Gasteiger partial charge on any atom is 0.255 e. The third-order valence-electron chi connectivity index (χ3n) is 7.07. The molecule has 1 aromatic rings. The van der Waals surface area contributed by atoms with E-state index >= 15 is 0 Å². The fraction of sp³-hybridized carbons (Fsp3) is 0.619. The maximum atomic E-state index is 13.4. The van der Waals surface area contributed by atoms with E-state index in [4.69, 9.17) is 11.2 Å². The van der Waals surface area contributed by atoms with Gasteiger partial charge in [0.05, 0.1) is 30.7 Å². The molecule has 0 saturated heterocycles. The molecule has 6 rings (SSSR count). The number of rotatable bonds is 4. The van der Waals surface area contributed by atoms with E-state index in [-0.39, 0.29) is 23.8 Å². The SMILES string of the molecule is C#CCNC(=O)c1c(NC(=O)C23CC4CC(CC2C4)C3)sc2c1CCOC2. The highest BCUT2D eigenvalue weighted by molar-refractivity contribution is 7.17. The predicted molar refractivity (Wildman–Crippen MR) is 103 cm³/mol. The van der Waals surface area contributed by atoms with Gasteiger partial charge in [0.15, 0.2) is 0 Å². The van der Waals surface area contributed by atoms with Crippen LogP contribution in [-0.2, 0) is 22.6 Å². The molecular weight excluding hydrogens is 360 g/mol. The van der Waals surface area contributed by atoms with Gasteiger partial charge in [-0.3, -0.25) is 9.59 Å². The molecule has 4 bridgehead atoms. The van der Waals surface area contributed by atoms with E-state index < -0.39 is 0 Å². The van der Waals surface area contributed by atoms with Crippen LogP contribution in [0.15, 0.2) is 0 Å². The van der Waals surface area contributed by atoms with Crippen LogP contribution in [0.5, 0.6) is 0 Å². The number of fused-ring (bicyclic) bond motifs is 1. The number of hydrogen-bond donors (Lipinski definition) is 2. The molecule has 27 heavy (non-hydrogen) atoms. The average Bonchev–Trinajstić information content (AvgIpc) is 3.23. The van der Waals surface area contributed by atoms with Gasteiger partial charge in [-0.15, -0.1) is 17.8 Å². The topological polar surface area (TPSA) is 67.4 Å². The molecule has 1 aromatic heterocycles. The lowest BCUT2D eigenvalue weighted by molar-refractivity contribution is -0.127. The van der Waals surface area contributed by atoms with Crippen LogP contribution in [0.2, 0.25) is 0 Å². The normalized spacial score (nSPS) is 32.8. The smallest absolute Gasteiger partial charge is 0.255 e. The average molecular weight is 385 g/mol. The highest BCUT2D eigenvalue weighted by Crippen LogP contribution is 2.65. The Bertz CT molecular complexity index is 838. The van der Waals surface area contributed by atoms with Crippen molar-refractivity contribution < 1.29 is 14.3 Å². The third-order valence-corrected chi connectivity index (χ3v) is 8.19. The summed E-state index contributed by atoms with van der Waals surface area (Å²) < 4.78 is 5.55. The summed E-state index contributed by atoms with van der Waals surface area (Å²) in [6, 6.07) is 0. The van der Waals surface area contributed by atoms with Crippen molar-refractivity contribution in [1.29, 1.82) is 0 Å². The summed E-state index contributed by atoms with van der Waals surface area (Å²) in [6.07, 6.45) is 11.7. The van der Waals surface area contributed by atoms with Crippen LogP contribution in [0.3, 0.4) is 0 Å². The lowest BCUT2D eigenvalue weighted by Crippen LogP contribution is -2.37. The Labute approximate surface area is 163 Å². The summed E-state index contributed by atoms with van der Waals surface area (Å²) in [5.74, 6) is 4.34. The molecule has 0 aromatic carbocycles. The number of amides is 2. The highest BCUT2D eigenvalue weighted by Gasteiger charge is 2.61. The summed E-state index contributed by atoms with van der Waals surface area (Å²) in [4.78, 5) is 27.2. The van der Waals surface area contributed by atoms with Gasteiger partial charge >= 0.3 is 0 Å². The maximum absolute atomic E-state index is 13.4. The molecule has 2 amide bonds. The number of thiophene rings is 1. The molecule has 2 heterocycles. The van der Waals surface area contributed by atoms with Gasteiger partial charge in [0.2, 0.25) is 5.91 Å². The minimum Gasteiger partial charge on any atom is -0.376 e. The molecule has 142 valence electrons. The zero-order chi connectivity index (χ0) is 18.6. The van der Waals surface area contributed by atoms with E-state index in [1.807, 2.05) is 0 Å². The van der Waals surface area contributed by atoms with Gasteiger partial charge in [-0.2, -0.15) is 0 Å². The number of carbonyl (C=O) groups excluding carboxylic acids is 2. The third kappa shape index (κ3) is 2.63. The summed E-state index contributed by atoms with van der Waals surface area (Å²) in [6.45, 7) is 1.29. The van der Waals surface area contributed by atoms with Crippen molar-refractivity contribution in [1.82, 2.24) is 5.32 Å². The molecule has 4 aliphatic carbocycles. The van der Waals surface area contributed by atoms with Crippen LogP contribution in [-0.4, -0.2) is 25.0 Å². The van der Waals surface area contributed by atoms with Crippen molar-refractivity contribution in [2.75, 3.05) is 18.5 Å². The first-order valence-corrected chi connectivity index (χ1v) is 10.7. The van der Waals surface area contributed by atoms with Crippen LogP contribution in [0.4, 0.5) is 5.00 Å². The molecule has 0 radical (unpaired) electrons. The molecule has 2 atom stereocenters. The molecule has 6 heteroatoms. The molecule has 2 unspecified atom stereocenters. The van der Waals surface area contributed by atoms with Gasteiger partial charge < -0.3 is 15.4 Å². The van der Waals surface area contributed by atoms with Crippen LogP contribution >= 0.6 is 11.3 Å². The second-order valence-electron chi connectivity index (χ2n) is 8.55. The summed E-state index contributed by atoms with van der Waals surface area (Å²) in [7, 11) is 0. The minimum absolute atomic E-state index is 0.128. The van der Waals surface area contributed by atoms with E-state index in [0.29, 0.717) is 36.1 Å². The minimum atomic E-state index is -0.207. The molecule has 5 aliphatic rings. The van der Waals surface area contributed by atoms with Crippen molar-refractivity contribution in [2.45, 2.75) is 45.1 Å². The van der Waals surface area contributed by atoms with E-state index in [9.17, 15) is 9.59 Å².